The zero-order chi connectivity index (χ0) is 20.1. The maximum atomic E-state index is 12.6. The number of anilines is 1. The Bertz CT molecular complexity index is 1130. The van der Waals surface area contributed by atoms with Crippen LogP contribution in [0.4, 0.5) is 10.5 Å². The fraction of sp³-hybridized carbons (Fsp3) is 0.0526. The van der Waals surface area contributed by atoms with Crippen molar-refractivity contribution in [3.63, 3.8) is 0 Å². The van der Waals surface area contributed by atoms with Crippen LogP contribution >= 0.6 is 27.7 Å². The van der Waals surface area contributed by atoms with E-state index in [0.29, 0.717) is 22.6 Å². The van der Waals surface area contributed by atoms with Gasteiger partial charge in [-0.2, -0.15) is 5.26 Å². The van der Waals surface area contributed by atoms with Crippen LogP contribution in [0.25, 0.3) is 5.69 Å². The van der Waals surface area contributed by atoms with Gasteiger partial charge in [0, 0.05) is 27.0 Å². The van der Waals surface area contributed by atoms with Crippen LogP contribution < -0.4 is 10.9 Å². The molecule has 0 spiro atoms. The van der Waals surface area contributed by atoms with E-state index < -0.39 is 6.03 Å². The Kier molecular flexibility index (Phi) is 6.13. The summed E-state index contributed by atoms with van der Waals surface area (Å²) < 4.78 is 2.30. The Balaban J connectivity index is 1.75. The van der Waals surface area contributed by atoms with Gasteiger partial charge >= 0.3 is 6.03 Å². The summed E-state index contributed by atoms with van der Waals surface area (Å²) in [6.45, 7) is 1.74. The summed E-state index contributed by atoms with van der Waals surface area (Å²) in [6, 6.07) is 13.5. The second-order valence-corrected chi connectivity index (χ2v) is 7.45. The van der Waals surface area contributed by atoms with E-state index in [1.807, 2.05) is 17.5 Å². The smallest absolute Gasteiger partial charge is 0.306 e. The Hall–Kier alpha value is -3.09. The highest BCUT2D eigenvalue weighted by Crippen LogP contribution is 2.19. The molecule has 2 aromatic carbocycles. The van der Waals surface area contributed by atoms with Gasteiger partial charge in [-0.15, -0.1) is 0 Å². The number of amides is 2. The van der Waals surface area contributed by atoms with Crippen LogP contribution in [0, 0.1) is 17.6 Å². The Morgan fingerprint density at radius 3 is 2.57 bits per heavy atom. The minimum absolute atomic E-state index is 0.297. The molecule has 0 radical (unpaired) electrons. The fourth-order valence-electron chi connectivity index (χ4n) is 2.42. The number of rotatable bonds is 4. The van der Waals surface area contributed by atoms with Crippen molar-refractivity contribution < 1.29 is 4.79 Å². The standard InChI is InChI=1S/C19H14BrN5O2S/c1-12-17(18(26)25(24-12)15-6-2-13(20)3-7-15)10-22-19(27)23-14-4-8-16(9-5-14)28-11-21/h2-10,24H,1H3,(H,23,27)/b22-10+. The van der Waals surface area contributed by atoms with E-state index >= 15 is 0 Å². The second-order valence-electron chi connectivity index (χ2n) is 5.67. The number of hydrogen-bond donors (Lipinski definition) is 2. The molecule has 0 unspecified atom stereocenters. The van der Waals surface area contributed by atoms with Crippen LogP contribution in [0.1, 0.15) is 11.3 Å². The Labute approximate surface area is 173 Å². The molecule has 0 aliphatic rings. The van der Waals surface area contributed by atoms with Gasteiger partial charge in [0.25, 0.3) is 5.56 Å². The monoisotopic (exact) mass is 455 g/mol. The molecular weight excluding hydrogens is 442 g/mol. The minimum Gasteiger partial charge on any atom is -0.306 e. The number of halogens is 1. The number of aryl methyl sites for hydroxylation is 1. The maximum Gasteiger partial charge on any atom is 0.345 e. The SMILES string of the molecule is Cc1[nH]n(-c2ccc(Br)cc2)c(=O)c1/C=N/C(=O)Nc1ccc(SC#N)cc1. The Morgan fingerprint density at radius 1 is 1.25 bits per heavy atom. The van der Waals surface area contributed by atoms with E-state index in [1.165, 1.54) is 10.9 Å². The van der Waals surface area contributed by atoms with Gasteiger partial charge in [-0.3, -0.25) is 9.89 Å². The highest BCUT2D eigenvalue weighted by atomic mass is 79.9. The zero-order valence-corrected chi connectivity index (χ0v) is 17.0. The predicted octanol–water partition coefficient (Wildman–Crippen LogP) is 4.46. The number of thiocyanates is 1. The van der Waals surface area contributed by atoms with E-state index in [-0.39, 0.29) is 5.56 Å². The van der Waals surface area contributed by atoms with Crippen LogP contribution in [-0.2, 0) is 0 Å². The molecule has 0 atom stereocenters. The van der Waals surface area contributed by atoms with Crippen LogP contribution in [-0.4, -0.2) is 22.0 Å². The molecule has 140 valence electrons. The number of nitrogens with one attached hydrogen (secondary N) is 2. The maximum absolute atomic E-state index is 12.6. The average Bonchev–Trinajstić information content (AvgIpc) is 2.96. The van der Waals surface area contributed by atoms with E-state index in [9.17, 15) is 9.59 Å². The van der Waals surface area contributed by atoms with Crippen molar-refractivity contribution in [1.82, 2.24) is 9.78 Å². The van der Waals surface area contributed by atoms with Crippen molar-refractivity contribution in [2.75, 3.05) is 5.32 Å². The molecule has 9 heteroatoms. The topological polar surface area (TPSA) is 103 Å². The van der Waals surface area contributed by atoms with Gasteiger partial charge < -0.3 is 5.32 Å². The lowest BCUT2D eigenvalue weighted by Gasteiger charge is -2.01. The van der Waals surface area contributed by atoms with Crippen molar-refractivity contribution in [2.45, 2.75) is 11.8 Å². The summed E-state index contributed by atoms with van der Waals surface area (Å²) >= 11 is 4.39. The summed E-state index contributed by atoms with van der Waals surface area (Å²) in [7, 11) is 0. The van der Waals surface area contributed by atoms with Crippen molar-refractivity contribution >= 4 is 45.6 Å². The lowest BCUT2D eigenvalue weighted by atomic mass is 10.3. The molecule has 1 heterocycles. The van der Waals surface area contributed by atoms with Crippen molar-refractivity contribution in [1.29, 1.82) is 5.26 Å². The minimum atomic E-state index is -0.601. The highest BCUT2D eigenvalue weighted by molar-refractivity contribution is 9.10. The number of urea groups is 1. The summed E-state index contributed by atoms with van der Waals surface area (Å²) in [4.78, 5) is 29.3. The molecule has 1 aromatic heterocycles. The number of aromatic nitrogens is 2. The molecule has 0 bridgehead atoms. The molecular formula is C19H14BrN5O2S. The van der Waals surface area contributed by atoms with Crippen LogP contribution in [0.15, 0.2) is 67.7 Å². The van der Waals surface area contributed by atoms with E-state index in [0.717, 1.165) is 21.1 Å². The molecule has 0 saturated carbocycles. The van der Waals surface area contributed by atoms with Crippen molar-refractivity contribution in [3.8, 4) is 11.1 Å². The summed E-state index contributed by atoms with van der Waals surface area (Å²) in [5.74, 6) is 0. The molecule has 28 heavy (non-hydrogen) atoms. The molecule has 0 aliphatic heterocycles. The second kappa shape index (κ2) is 8.73. The summed E-state index contributed by atoms with van der Waals surface area (Å²) in [6.07, 6.45) is 1.25. The lowest BCUT2D eigenvalue weighted by molar-refractivity contribution is 0.259. The molecule has 0 fully saturated rings. The van der Waals surface area contributed by atoms with Gasteiger partial charge in [-0.25, -0.2) is 14.5 Å². The van der Waals surface area contributed by atoms with Gasteiger partial charge in [0.15, 0.2) is 0 Å². The van der Waals surface area contributed by atoms with Crippen molar-refractivity contribution in [3.05, 3.63) is 74.6 Å². The van der Waals surface area contributed by atoms with Gasteiger partial charge in [-0.05, 0) is 67.2 Å². The summed E-state index contributed by atoms with van der Waals surface area (Å²) in [5.41, 5.74) is 1.83. The molecule has 2 N–H and O–H groups in total. The number of thioether (sulfide) groups is 1. The van der Waals surface area contributed by atoms with Gasteiger partial charge in [0.1, 0.15) is 5.40 Å². The van der Waals surface area contributed by atoms with Gasteiger partial charge in [-0.1, -0.05) is 15.9 Å². The molecule has 3 aromatic rings. The normalized spacial score (nSPS) is 10.8. The van der Waals surface area contributed by atoms with Crippen LogP contribution in [0.2, 0.25) is 0 Å². The van der Waals surface area contributed by atoms with E-state index in [2.05, 4.69) is 31.3 Å². The fourth-order valence-corrected chi connectivity index (χ4v) is 3.06. The number of H-pyrrole nitrogens is 1. The van der Waals surface area contributed by atoms with Crippen molar-refractivity contribution in [2.24, 2.45) is 4.99 Å². The van der Waals surface area contributed by atoms with Crippen LogP contribution in [0.3, 0.4) is 0 Å². The highest BCUT2D eigenvalue weighted by Gasteiger charge is 2.11. The van der Waals surface area contributed by atoms with Gasteiger partial charge in [0.05, 0.1) is 11.3 Å². The number of carbonyl (C=O) groups excluding carboxylic acids is 1. The van der Waals surface area contributed by atoms with E-state index in [4.69, 9.17) is 5.26 Å². The first-order valence-corrected chi connectivity index (χ1v) is 9.67. The number of aliphatic imine (C=N–C) groups is 1. The Morgan fingerprint density at radius 2 is 1.93 bits per heavy atom. The average molecular weight is 456 g/mol. The van der Waals surface area contributed by atoms with E-state index in [1.54, 1.807) is 43.3 Å². The largest absolute Gasteiger partial charge is 0.345 e. The third-order valence-corrected chi connectivity index (χ3v) is 4.91. The molecule has 3 rings (SSSR count). The van der Waals surface area contributed by atoms with Gasteiger partial charge in [0.2, 0.25) is 0 Å². The molecule has 2 amide bonds. The number of nitrogens with zero attached hydrogens (tertiary/aromatic N) is 3. The molecule has 0 saturated heterocycles. The zero-order valence-electron chi connectivity index (χ0n) is 14.6. The summed E-state index contributed by atoms with van der Waals surface area (Å²) in [5, 5.41) is 16.2. The number of hydrogen-bond acceptors (Lipinski definition) is 4. The van der Waals surface area contributed by atoms with Crippen LogP contribution in [0.5, 0.6) is 0 Å². The predicted molar refractivity (Wildman–Crippen MR) is 113 cm³/mol. The quantitative estimate of drug-likeness (QED) is 0.344. The third-order valence-electron chi connectivity index (χ3n) is 3.78. The first kappa shape index (κ1) is 19.7. The lowest BCUT2D eigenvalue weighted by Crippen LogP contribution is -2.17. The number of nitriles is 1. The number of benzene rings is 2. The first-order chi connectivity index (χ1) is 13.5. The molecule has 7 nitrogen and oxygen atoms in total. The first-order valence-electron chi connectivity index (χ1n) is 8.06. The molecule has 0 aliphatic carbocycles. The number of carbonyl (C=O) groups is 1. The third kappa shape index (κ3) is 4.60. The number of aromatic amines is 1.